The summed E-state index contributed by atoms with van der Waals surface area (Å²) in [4.78, 5) is 12.5. The SMILES string of the molecule is O=C(NCC(O)C1CC1)C1C2CC3CC(C2)CC1C3. The van der Waals surface area contributed by atoms with Gasteiger partial charge in [-0.05, 0) is 74.5 Å². The Kier molecular flexibility index (Phi) is 2.87. The van der Waals surface area contributed by atoms with Crippen molar-refractivity contribution in [1.29, 1.82) is 0 Å². The highest BCUT2D eigenvalue weighted by Gasteiger charge is 2.50. The van der Waals surface area contributed by atoms with Gasteiger partial charge in [-0.25, -0.2) is 0 Å². The molecule has 5 saturated carbocycles. The number of aliphatic hydroxyl groups excluding tert-OH is 1. The summed E-state index contributed by atoms with van der Waals surface area (Å²) in [5.74, 6) is 4.10. The molecule has 5 aliphatic carbocycles. The van der Waals surface area contributed by atoms with Gasteiger partial charge in [-0.3, -0.25) is 4.79 Å². The monoisotopic (exact) mass is 263 g/mol. The zero-order chi connectivity index (χ0) is 13.0. The molecule has 4 bridgehead atoms. The van der Waals surface area contributed by atoms with E-state index in [0.29, 0.717) is 24.3 Å². The third-order valence-electron chi connectivity index (χ3n) is 6.18. The lowest BCUT2D eigenvalue weighted by Gasteiger charge is -2.53. The standard InChI is InChI=1S/C16H25NO2/c18-14(11-1-2-11)8-17-16(19)15-12-4-9-3-10(6-12)7-13(15)5-9/h9-15,18H,1-8H2,(H,17,19). The number of carbonyl (C=O) groups excluding carboxylic acids is 1. The van der Waals surface area contributed by atoms with Crippen molar-refractivity contribution in [1.82, 2.24) is 5.32 Å². The molecule has 5 rings (SSSR count). The van der Waals surface area contributed by atoms with Crippen molar-refractivity contribution in [2.24, 2.45) is 35.5 Å². The van der Waals surface area contributed by atoms with Crippen molar-refractivity contribution in [3.05, 3.63) is 0 Å². The molecule has 0 aromatic carbocycles. The van der Waals surface area contributed by atoms with Crippen molar-refractivity contribution in [2.75, 3.05) is 6.54 Å². The summed E-state index contributed by atoms with van der Waals surface area (Å²) >= 11 is 0. The van der Waals surface area contributed by atoms with E-state index < -0.39 is 0 Å². The van der Waals surface area contributed by atoms with E-state index in [4.69, 9.17) is 0 Å². The largest absolute Gasteiger partial charge is 0.391 e. The molecular weight excluding hydrogens is 238 g/mol. The molecule has 1 amide bonds. The lowest BCUT2D eigenvalue weighted by atomic mass is 9.51. The van der Waals surface area contributed by atoms with E-state index in [1.807, 2.05) is 0 Å². The lowest BCUT2D eigenvalue weighted by molar-refractivity contribution is -0.138. The quantitative estimate of drug-likeness (QED) is 0.814. The molecule has 0 aliphatic heterocycles. The first kappa shape index (κ1) is 12.2. The third-order valence-corrected chi connectivity index (χ3v) is 6.18. The molecule has 0 spiro atoms. The van der Waals surface area contributed by atoms with E-state index in [1.165, 1.54) is 32.1 Å². The van der Waals surface area contributed by atoms with Crippen LogP contribution in [0, 0.1) is 35.5 Å². The topological polar surface area (TPSA) is 49.3 Å². The normalized spacial score (nSPS) is 45.2. The second-order valence-corrected chi connectivity index (χ2v) is 7.61. The molecule has 0 saturated heterocycles. The molecule has 0 heterocycles. The van der Waals surface area contributed by atoms with E-state index in [9.17, 15) is 9.90 Å². The highest BCUT2D eigenvalue weighted by molar-refractivity contribution is 5.79. The van der Waals surface area contributed by atoms with E-state index in [1.54, 1.807) is 0 Å². The number of hydrogen-bond donors (Lipinski definition) is 2. The third kappa shape index (κ3) is 2.20. The van der Waals surface area contributed by atoms with Crippen LogP contribution in [0.25, 0.3) is 0 Å². The fraction of sp³-hybridized carbons (Fsp3) is 0.938. The Labute approximate surface area is 115 Å². The Bertz CT molecular complexity index is 349. The van der Waals surface area contributed by atoms with Crippen LogP contribution < -0.4 is 5.32 Å². The van der Waals surface area contributed by atoms with Crippen molar-refractivity contribution in [3.63, 3.8) is 0 Å². The molecule has 2 N–H and O–H groups in total. The maximum atomic E-state index is 12.5. The Morgan fingerprint density at radius 3 is 2.16 bits per heavy atom. The number of nitrogens with one attached hydrogen (secondary N) is 1. The molecule has 0 aromatic rings. The summed E-state index contributed by atoms with van der Waals surface area (Å²) in [6.45, 7) is 0.478. The van der Waals surface area contributed by atoms with Crippen LogP contribution >= 0.6 is 0 Å². The minimum absolute atomic E-state index is 0.244. The Balaban J connectivity index is 1.37. The summed E-state index contributed by atoms with van der Waals surface area (Å²) in [7, 11) is 0. The molecule has 1 unspecified atom stereocenters. The second kappa shape index (κ2) is 4.47. The molecule has 19 heavy (non-hydrogen) atoms. The van der Waals surface area contributed by atoms with Gasteiger partial charge in [0.25, 0.3) is 0 Å². The summed E-state index contributed by atoms with van der Waals surface area (Å²) in [5.41, 5.74) is 0. The average molecular weight is 263 g/mol. The van der Waals surface area contributed by atoms with Crippen LogP contribution in [0.2, 0.25) is 0 Å². The molecule has 5 aliphatic rings. The van der Waals surface area contributed by atoms with Crippen molar-refractivity contribution < 1.29 is 9.90 Å². The molecule has 0 radical (unpaired) electrons. The minimum Gasteiger partial charge on any atom is -0.391 e. The van der Waals surface area contributed by atoms with E-state index in [-0.39, 0.29) is 17.9 Å². The van der Waals surface area contributed by atoms with Gasteiger partial charge in [-0.15, -0.1) is 0 Å². The Morgan fingerprint density at radius 2 is 1.63 bits per heavy atom. The van der Waals surface area contributed by atoms with Gasteiger partial charge < -0.3 is 10.4 Å². The zero-order valence-corrected chi connectivity index (χ0v) is 11.6. The van der Waals surface area contributed by atoms with Crippen molar-refractivity contribution >= 4 is 5.91 Å². The van der Waals surface area contributed by atoms with Crippen molar-refractivity contribution in [2.45, 2.75) is 51.0 Å². The van der Waals surface area contributed by atoms with Gasteiger partial charge in [-0.2, -0.15) is 0 Å². The second-order valence-electron chi connectivity index (χ2n) is 7.61. The maximum Gasteiger partial charge on any atom is 0.223 e. The molecule has 5 fully saturated rings. The van der Waals surface area contributed by atoms with Crippen LogP contribution in [0.5, 0.6) is 0 Å². The molecule has 3 heteroatoms. The lowest BCUT2D eigenvalue weighted by Crippen LogP contribution is -2.51. The molecular formula is C16H25NO2. The number of hydrogen-bond acceptors (Lipinski definition) is 2. The Hall–Kier alpha value is -0.570. The number of rotatable bonds is 4. The van der Waals surface area contributed by atoms with Gasteiger partial charge in [0.15, 0.2) is 0 Å². The fourth-order valence-electron chi connectivity index (χ4n) is 5.32. The Morgan fingerprint density at radius 1 is 1.05 bits per heavy atom. The molecule has 106 valence electrons. The van der Waals surface area contributed by atoms with Crippen LogP contribution in [-0.2, 0) is 4.79 Å². The number of amides is 1. The summed E-state index contributed by atoms with van der Waals surface area (Å²) in [5, 5.41) is 12.9. The van der Waals surface area contributed by atoms with E-state index >= 15 is 0 Å². The fourth-order valence-corrected chi connectivity index (χ4v) is 5.32. The van der Waals surface area contributed by atoms with Crippen LogP contribution in [-0.4, -0.2) is 23.7 Å². The predicted octanol–water partition coefficient (Wildman–Crippen LogP) is 1.95. The van der Waals surface area contributed by atoms with Gasteiger partial charge in [0.2, 0.25) is 5.91 Å². The zero-order valence-electron chi connectivity index (χ0n) is 11.6. The summed E-state index contributed by atoms with van der Waals surface area (Å²) < 4.78 is 0. The van der Waals surface area contributed by atoms with Gasteiger partial charge in [0.05, 0.1) is 6.10 Å². The summed E-state index contributed by atoms with van der Waals surface area (Å²) in [6.07, 6.45) is 8.55. The smallest absolute Gasteiger partial charge is 0.223 e. The first-order chi connectivity index (χ1) is 9.20. The number of aliphatic hydroxyl groups is 1. The first-order valence-electron chi connectivity index (χ1n) is 8.16. The van der Waals surface area contributed by atoms with Crippen LogP contribution in [0.15, 0.2) is 0 Å². The maximum absolute atomic E-state index is 12.5. The molecule has 1 atom stereocenters. The van der Waals surface area contributed by atoms with Gasteiger partial charge in [0.1, 0.15) is 0 Å². The first-order valence-corrected chi connectivity index (χ1v) is 8.16. The highest BCUT2D eigenvalue weighted by Crippen LogP contribution is 2.56. The average Bonchev–Trinajstić information content (AvgIpc) is 3.18. The predicted molar refractivity (Wildman–Crippen MR) is 72.3 cm³/mol. The van der Waals surface area contributed by atoms with Crippen LogP contribution in [0.1, 0.15) is 44.9 Å². The van der Waals surface area contributed by atoms with Gasteiger partial charge in [-0.1, -0.05) is 0 Å². The van der Waals surface area contributed by atoms with Crippen LogP contribution in [0.4, 0.5) is 0 Å². The van der Waals surface area contributed by atoms with Gasteiger partial charge >= 0.3 is 0 Å². The summed E-state index contributed by atoms with van der Waals surface area (Å²) in [6, 6.07) is 0. The van der Waals surface area contributed by atoms with E-state index in [2.05, 4.69) is 5.32 Å². The number of carbonyl (C=O) groups is 1. The molecule has 0 aromatic heterocycles. The van der Waals surface area contributed by atoms with Crippen LogP contribution in [0.3, 0.4) is 0 Å². The highest BCUT2D eigenvalue weighted by atomic mass is 16.3. The van der Waals surface area contributed by atoms with Crippen molar-refractivity contribution in [3.8, 4) is 0 Å². The van der Waals surface area contributed by atoms with Gasteiger partial charge in [0, 0.05) is 12.5 Å². The molecule has 3 nitrogen and oxygen atoms in total. The minimum atomic E-state index is -0.305. The van der Waals surface area contributed by atoms with E-state index in [0.717, 1.165) is 24.7 Å².